The van der Waals surface area contributed by atoms with Gasteiger partial charge in [-0.3, -0.25) is 4.79 Å². The van der Waals surface area contributed by atoms with Gasteiger partial charge in [-0.2, -0.15) is 0 Å². The van der Waals surface area contributed by atoms with Gasteiger partial charge in [0.25, 0.3) is 0 Å². The van der Waals surface area contributed by atoms with Gasteiger partial charge < -0.3 is 15.0 Å². The molecule has 6 heteroatoms. The highest BCUT2D eigenvalue weighted by Gasteiger charge is 2.20. The fraction of sp³-hybridized carbons (Fsp3) is 0.500. The molecule has 0 spiro atoms. The van der Waals surface area contributed by atoms with E-state index in [9.17, 15) is 4.79 Å². The molecular formula is C14H18Cl2N2O2. The Morgan fingerprint density at radius 2 is 2.15 bits per heavy atom. The first-order chi connectivity index (χ1) is 9.58. The minimum Gasteiger partial charge on any atom is -0.378 e. The molecule has 110 valence electrons. The van der Waals surface area contributed by atoms with Crippen LogP contribution in [0.3, 0.4) is 0 Å². The summed E-state index contributed by atoms with van der Waals surface area (Å²) in [5.74, 6) is 0.0454. The number of ether oxygens (including phenoxy) is 1. The van der Waals surface area contributed by atoms with E-state index in [1.54, 1.807) is 30.1 Å². The van der Waals surface area contributed by atoms with E-state index < -0.39 is 0 Å². The van der Waals surface area contributed by atoms with E-state index in [1.165, 1.54) is 0 Å². The van der Waals surface area contributed by atoms with E-state index in [1.807, 2.05) is 0 Å². The quantitative estimate of drug-likeness (QED) is 0.927. The lowest BCUT2D eigenvalue weighted by Gasteiger charge is -2.26. The monoisotopic (exact) mass is 316 g/mol. The van der Waals surface area contributed by atoms with Crippen molar-refractivity contribution in [3.8, 4) is 0 Å². The number of morpholine rings is 1. The summed E-state index contributed by atoms with van der Waals surface area (Å²) in [7, 11) is 1.76. The summed E-state index contributed by atoms with van der Waals surface area (Å²) >= 11 is 12.2. The third kappa shape index (κ3) is 4.09. The minimum atomic E-state index is 0.0454. The van der Waals surface area contributed by atoms with Gasteiger partial charge in [0.2, 0.25) is 5.91 Å². The van der Waals surface area contributed by atoms with Gasteiger partial charge in [0.05, 0.1) is 13.2 Å². The number of nitrogens with zero attached hydrogens (tertiary/aromatic N) is 1. The second-order valence-electron chi connectivity index (χ2n) is 4.88. The summed E-state index contributed by atoms with van der Waals surface area (Å²) in [6.45, 7) is 2.48. The molecule has 0 radical (unpaired) electrons. The second-order valence-corrected chi connectivity index (χ2v) is 5.69. The Morgan fingerprint density at radius 1 is 1.45 bits per heavy atom. The highest BCUT2D eigenvalue weighted by atomic mass is 35.5. The molecule has 1 heterocycles. The van der Waals surface area contributed by atoms with E-state index in [4.69, 9.17) is 27.9 Å². The molecule has 0 aromatic heterocycles. The fourth-order valence-electron chi connectivity index (χ4n) is 2.13. The molecule has 20 heavy (non-hydrogen) atoms. The molecule has 1 aromatic carbocycles. The standard InChI is InChI=1S/C14H18Cl2N2O2/c1-18(8-11-12(15)3-2-4-13(11)16)14(19)7-10-9-20-6-5-17-10/h2-4,10,17H,5-9H2,1H3. The van der Waals surface area contributed by atoms with Crippen molar-refractivity contribution < 1.29 is 9.53 Å². The zero-order valence-corrected chi connectivity index (χ0v) is 12.9. The number of carbonyl (C=O) groups excluding carboxylic acids is 1. The molecule has 1 aliphatic rings. The lowest BCUT2D eigenvalue weighted by molar-refractivity contribution is -0.131. The SMILES string of the molecule is CN(Cc1c(Cl)cccc1Cl)C(=O)CC1COCCN1. The predicted molar refractivity (Wildman–Crippen MR) is 80.2 cm³/mol. The van der Waals surface area contributed by atoms with Crippen LogP contribution in [-0.2, 0) is 16.1 Å². The Balaban J connectivity index is 1.93. The van der Waals surface area contributed by atoms with Gasteiger partial charge in [-0.05, 0) is 12.1 Å². The Morgan fingerprint density at radius 3 is 2.75 bits per heavy atom. The number of halogens is 2. The lowest BCUT2D eigenvalue weighted by Crippen LogP contribution is -2.44. The van der Waals surface area contributed by atoms with E-state index in [2.05, 4.69) is 5.32 Å². The van der Waals surface area contributed by atoms with E-state index >= 15 is 0 Å². The van der Waals surface area contributed by atoms with Gasteiger partial charge in [-0.1, -0.05) is 29.3 Å². The Bertz CT molecular complexity index is 456. The van der Waals surface area contributed by atoms with Crippen molar-refractivity contribution >= 4 is 29.1 Å². The first kappa shape index (κ1) is 15.6. The topological polar surface area (TPSA) is 41.6 Å². The van der Waals surface area contributed by atoms with Crippen LogP contribution in [0.25, 0.3) is 0 Å². The zero-order chi connectivity index (χ0) is 14.5. The molecule has 1 saturated heterocycles. The number of rotatable bonds is 4. The molecule has 1 fully saturated rings. The van der Waals surface area contributed by atoms with Crippen molar-refractivity contribution in [3.05, 3.63) is 33.8 Å². The van der Waals surface area contributed by atoms with Crippen molar-refractivity contribution in [2.75, 3.05) is 26.8 Å². The highest BCUT2D eigenvalue weighted by molar-refractivity contribution is 6.36. The minimum absolute atomic E-state index is 0.0454. The number of amides is 1. The molecular weight excluding hydrogens is 299 g/mol. The molecule has 1 aliphatic heterocycles. The number of benzene rings is 1. The Labute approximate surface area is 129 Å². The number of hydrogen-bond acceptors (Lipinski definition) is 3. The van der Waals surface area contributed by atoms with Crippen molar-refractivity contribution in [1.82, 2.24) is 10.2 Å². The summed E-state index contributed by atoms with van der Waals surface area (Å²) in [5.41, 5.74) is 0.777. The van der Waals surface area contributed by atoms with Crippen LogP contribution in [0, 0.1) is 0 Å². The first-order valence-electron chi connectivity index (χ1n) is 6.56. The van der Waals surface area contributed by atoms with Gasteiger partial charge in [0, 0.05) is 48.2 Å². The van der Waals surface area contributed by atoms with Crippen LogP contribution in [0.4, 0.5) is 0 Å². The Kier molecular flexibility index (Phi) is 5.66. The van der Waals surface area contributed by atoms with E-state index in [0.717, 1.165) is 12.1 Å². The summed E-state index contributed by atoms with van der Waals surface area (Å²) < 4.78 is 5.34. The van der Waals surface area contributed by atoms with Crippen LogP contribution >= 0.6 is 23.2 Å². The van der Waals surface area contributed by atoms with E-state index in [-0.39, 0.29) is 11.9 Å². The molecule has 2 rings (SSSR count). The smallest absolute Gasteiger partial charge is 0.224 e. The van der Waals surface area contributed by atoms with Crippen LogP contribution in [0.2, 0.25) is 10.0 Å². The molecule has 0 saturated carbocycles. The molecule has 0 bridgehead atoms. The van der Waals surface area contributed by atoms with Gasteiger partial charge in [0.1, 0.15) is 0 Å². The molecule has 0 aliphatic carbocycles. The van der Waals surface area contributed by atoms with Crippen molar-refractivity contribution in [2.24, 2.45) is 0 Å². The van der Waals surface area contributed by atoms with Crippen LogP contribution in [0.1, 0.15) is 12.0 Å². The van der Waals surface area contributed by atoms with Gasteiger partial charge >= 0.3 is 0 Å². The molecule has 1 N–H and O–H groups in total. The normalized spacial score (nSPS) is 18.9. The molecule has 1 amide bonds. The maximum atomic E-state index is 12.2. The highest BCUT2D eigenvalue weighted by Crippen LogP contribution is 2.25. The summed E-state index contributed by atoms with van der Waals surface area (Å²) in [6.07, 6.45) is 0.415. The molecule has 1 unspecified atom stereocenters. The van der Waals surface area contributed by atoms with Crippen molar-refractivity contribution in [1.29, 1.82) is 0 Å². The largest absolute Gasteiger partial charge is 0.378 e. The van der Waals surface area contributed by atoms with Crippen LogP contribution in [0.15, 0.2) is 18.2 Å². The van der Waals surface area contributed by atoms with Crippen LogP contribution in [-0.4, -0.2) is 43.7 Å². The summed E-state index contributed by atoms with van der Waals surface area (Å²) in [5, 5.41) is 4.43. The third-order valence-electron chi connectivity index (χ3n) is 3.30. The molecule has 4 nitrogen and oxygen atoms in total. The van der Waals surface area contributed by atoms with Crippen LogP contribution < -0.4 is 5.32 Å². The second kappa shape index (κ2) is 7.27. The fourth-order valence-corrected chi connectivity index (χ4v) is 2.64. The number of carbonyl (C=O) groups is 1. The average molecular weight is 317 g/mol. The summed E-state index contributed by atoms with van der Waals surface area (Å²) in [6, 6.07) is 5.43. The maximum absolute atomic E-state index is 12.2. The predicted octanol–water partition coefficient (Wildman–Crippen LogP) is 2.33. The summed E-state index contributed by atoms with van der Waals surface area (Å²) in [4.78, 5) is 13.8. The Hall–Kier alpha value is -0.810. The first-order valence-corrected chi connectivity index (χ1v) is 7.31. The van der Waals surface area contributed by atoms with Gasteiger partial charge in [-0.15, -0.1) is 0 Å². The van der Waals surface area contributed by atoms with Crippen molar-refractivity contribution in [3.63, 3.8) is 0 Å². The number of nitrogens with one attached hydrogen (secondary N) is 1. The van der Waals surface area contributed by atoms with Crippen LogP contribution in [0.5, 0.6) is 0 Å². The third-order valence-corrected chi connectivity index (χ3v) is 4.01. The zero-order valence-electron chi connectivity index (χ0n) is 11.4. The lowest BCUT2D eigenvalue weighted by atomic mass is 10.1. The maximum Gasteiger partial charge on any atom is 0.224 e. The average Bonchev–Trinajstić information content (AvgIpc) is 2.44. The van der Waals surface area contributed by atoms with Gasteiger partial charge in [-0.25, -0.2) is 0 Å². The van der Waals surface area contributed by atoms with Gasteiger partial charge in [0.15, 0.2) is 0 Å². The number of hydrogen-bond donors (Lipinski definition) is 1. The molecule has 1 atom stereocenters. The van der Waals surface area contributed by atoms with E-state index in [0.29, 0.717) is 36.2 Å². The molecule has 1 aromatic rings. The van der Waals surface area contributed by atoms with Crippen molar-refractivity contribution in [2.45, 2.75) is 19.0 Å².